The number of methoxy groups -OCH3 is 1. The predicted molar refractivity (Wildman–Crippen MR) is 79.0 cm³/mol. The Morgan fingerprint density at radius 1 is 1.37 bits per heavy atom. The molecule has 1 aliphatic rings. The topological polar surface area (TPSA) is 52.3 Å². The molecule has 0 bridgehead atoms. The van der Waals surface area contributed by atoms with Gasteiger partial charge in [-0.3, -0.25) is 0 Å². The smallest absolute Gasteiger partial charge is 0.331 e. The number of carbonyl (C=O) groups is 1. The largest absolute Gasteiger partial charge is 0.467 e. The molecule has 1 saturated carbocycles. The van der Waals surface area contributed by atoms with Crippen LogP contribution in [-0.2, 0) is 15.1 Å². The molecule has 2 rings (SSSR count). The molecule has 1 aliphatic carbocycles. The second-order valence-corrected chi connectivity index (χ2v) is 6.34. The Bertz CT molecular complexity index is 417. The van der Waals surface area contributed by atoms with Gasteiger partial charge in [0.25, 0.3) is 0 Å². The van der Waals surface area contributed by atoms with E-state index in [9.17, 15) is 4.79 Å². The fourth-order valence-electron chi connectivity index (χ4n) is 2.48. The minimum Gasteiger partial charge on any atom is -0.467 e. The van der Waals surface area contributed by atoms with Gasteiger partial charge >= 0.3 is 5.97 Å². The van der Waals surface area contributed by atoms with E-state index in [1.807, 2.05) is 30.3 Å². The molecule has 3 nitrogen and oxygen atoms in total. The average Bonchev–Trinajstić information content (AvgIpc) is 2.98. The summed E-state index contributed by atoms with van der Waals surface area (Å²) in [6, 6.07) is 9.52. The Kier molecular flexibility index (Phi) is 4.88. The lowest BCUT2D eigenvalue weighted by atomic mass is 9.93. The number of hydrogen-bond donors (Lipinski definition) is 1. The molecule has 0 amide bonds. The molecule has 0 spiro atoms. The van der Waals surface area contributed by atoms with Crippen molar-refractivity contribution in [3.63, 3.8) is 0 Å². The summed E-state index contributed by atoms with van der Waals surface area (Å²) in [7, 11) is 1.40. The Labute approximate surface area is 118 Å². The van der Waals surface area contributed by atoms with Gasteiger partial charge in [-0.05, 0) is 18.4 Å². The summed E-state index contributed by atoms with van der Waals surface area (Å²) in [6.07, 6.45) is 5.05. The van der Waals surface area contributed by atoms with Crippen LogP contribution in [0.3, 0.4) is 0 Å². The number of ether oxygens (including phenoxy) is 1. The van der Waals surface area contributed by atoms with Crippen LogP contribution in [-0.4, -0.2) is 24.1 Å². The van der Waals surface area contributed by atoms with Crippen molar-refractivity contribution in [3.05, 3.63) is 35.9 Å². The maximum absolute atomic E-state index is 12.1. The SMILES string of the molecule is COC(=O)C(N)(CSC1CCCC1)c1ccccc1. The van der Waals surface area contributed by atoms with E-state index in [0.717, 1.165) is 5.56 Å². The number of hydrogen-bond acceptors (Lipinski definition) is 4. The van der Waals surface area contributed by atoms with E-state index in [1.54, 1.807) is 11.8 Å². The number of esters is 1. The van der Waals surface area contributed by atoms with Crippen molar-refractivity contribution in [1.82, 2.24) is 0 Å². The summed E-state index contributed by atoms with van der Waals surface area (Å²) in [5.74, 6) is 0.221. The van der Waals surface area contributed by atoms with Crippen molar-refractivity contribution in [3.8, 4) is 0 Å². The van der Waals surface area contributed by atoms with Crippen molar-refractivity contribution in [2.45, 2.75) is 36.5 Å². The Balaban J connectivity index is 2.12. The Morgan fingerprint density at radius 3 is 2.58 bits per heavy atom. The Morgan fingerprint density at radius 2 is 2.00 bits per heavy atom. The molecule has 1 aromatic rings. The fraction of sp³-hybridized carbons (Fsp3) is 0.533. The van der Waals surface area contributed by atoms with Gasteiger partial charge in [0.2, 0.25) is 0 Å². The molecular formula is C15H21NO2S. The quantitative estimate of drug-likeness (QED) is 0.842. The van der Waals surface area contributed by atoms with E-state index in [0.29, 0.717) is 11.0 Å². The molecule has 0 saturated heterocycles. The highest BCUT2D eigenvalue weighted by molar-refractivity contribution is 8.00. The molecular weight excluding hydrogens is 258 g/mol. The number of thioether (sulfide) groups is 1. The maximum atomic E-state index is 12.1. The zero-order valence-corrected chi connectivity index (χ0v) is 12.1. The van der Waals surface area contributed by atoms with Gasteiger partial charge in [0.05, 0.1) is 7.11 Å². The van der Waals surface area contributed by atoms with Crippen molar-refractivity contribution in [2.24, 2.45) is 5.73 Å². The second kappa shape index (κ2) is 6.44. The molecule has 1 unspecified atom stereocenters. The van der Waals surface area contributed by atoms with Crippen LogP contribution in [0.15, 0.2) is 30.3 Å². The van der Waals surface area contributed by atoms with E-state index < -0.39 is 5.54 Å². The molecule has 0 aromatic heterocycles. The maximum Gasteiger partial charge on any atom is 0.331 e. The van der Waals surface area contributed by atoms with Crippen molar-refractivity contribution in [1.29, 1.82) is 0 Å². The van der Waals surface area contributed by atoms with Gasteiger partial charge in [-0.2, -0.15) is 11.8 Å². The van der Waals surface area contributed by atoms with Gasteiger partial charge in [0.1, 0.15) is 5.54 Å². The number of rotatable bonds is 5. The average molecular weight is 279 g/mol. The van der Waals surface area contributed by atoms with Crippen LogP contribution in [0.1, 0.15) is 31.2 Å². The van der Waals surface area contributed by atoms with E-state index in [2.05, 4.69) is 0 Å². The standard InChI is InChI=1S/C15H21NO2S/c1-18-14(17)15(16,12-7-3-2-4-8-12)11-19-13-9-5-6-10-13/h2-4,7-8,13H,5-6,9-11,16H2,1H3. The minimum atomic E-state index is -1.04. The van der Waals surface area contributed by atoms with Gasteiger partial charge in [0.15, 0.2) is 0 Å². The summed E-state index contributed by atoms with van der Waals surface area (Å²) in [5.41, 5.74) is 6.14. The van der Waals surface area contributed by atoms with Gasteiger partial charge < -0.3 is 10.5 Å². The van der Waals surface area contributed by atoms with E-state index >= 15 is 0 Å². The molecule has 19 heavy (non-hydrogen) atoms. The summed E-state index contributed by atoms with van der Waals surface area (Å²) < 4.78 is 4.91. The van der Waals surface area contributed by atoms with Crippen LogP contribution < -0.4 is 5.73 Å². The molecule has 4 heteroatoms. The normalized spacial score (nSPS) is 19.1. The monoisotopic (exact) mass is 279 g/mol. The van der Waals surface area contributed by atoms with E-state index in [4.69, 9.17) is 10.5 Å². The third-order valence-corrected chi connectivity index (χ3v) is 5.25. The first kappa shape index (κ1) is 14.4. The fourth-order valence-corrected chi connectivity index (χ4v) is 3.93. The first-order valence-electron chi connectivity index (χ1n) is 6.71. The molecule has 0 heterocycles. The van der Waals surface area contributed by atoms with E-state index in [1.165, 1.54) is 32.8 Å². The highest BCUT2D eigenvalue weighted by atomic mass is 32.2. The van der Waals surface area contributed by atoms with Gasteiger partial charge in [-0.25, -0.2) is 4.79 Å². The lowest BCUT2D eigenvalue weighted by Gasteiger charge is -2.27. The summed E-state index contributed by atoms with van der Waals surface area (Å²) in [5, 5.41) is 0.635. The zero-order chi connectivity index (χ0) is 13.7. The van der Waals surface area contributed by atoms with Crippen LogP contribution in [0, 0.1) is 0 Å². The van der Waals surface area contributed by atoms with E-state index in [-0.39, 0.29) is 5.97 Å². The van der Waals surface area contributed by atoms with Gasteiger partial charge in [0, 0.05) is 11.0 Å². The van der Waals surface area contributed by atoms with Crippen LogP contribution in [0.25, 0.3) is 0 Å². The first-order valence-corrected chi connectivity index (χ1v) is 7.76. The third kappa shape index (κ3) is 3.31. The van der Waals surface area contributed by atoms with Crippen molar-refractivity contribution < 1.29 is 9.53 Å². The number of nitrogens with two attached hydrogens (primary N) is 1. The molecule has 0 aliphatic heterocycles. The molecule has 1 atom stereocenters. The van der Waals surface area contributed by atoms with Crippen LogP contribution in [0.4, 0.5) is 0 Å². The highest BCUT2D eigenvalue weighted by Gasteiger charge is 2.38. The van der Waals surface area contributed by atoms with Crippen LogP contribution >= 0.6 is 11.8 Å². The molecule has 1 aromatic carbocycles. The lowest BCUT2D eigenvalue weighted by Crippen LogP contribution is -2.48. The van der Waals surface area contributed by atoms with Crippen LogP contribution in [0.5, 0.6) is 0 Å². The molecule has 1 fully saturated rings. The minimum absolute atomic E-state index is 0.357. The number of benzene rings is 1. The predicted octanol–water partition coefficient (Wildman–Crippen LogP) is 2.69. The lowest BCUT2D eigenvalue weighted by molar-refractivity contribution is -0.146. The van der Waals surface area contributed by atoms with Crippen molar-refractivity contribution in [2.75, 3.05) is 12.9 Å². The van der Waals surface area contributed by atoms with Gasteiger partial charge in [-0.15, -0.1) is 0 Å². The summed E-state index contributed by atoms with van der Waals surface area (Å²) in [4.78, 5) is 12.1. The molecule has 104 valence electrons. The Hall–Kier alpha value is -1.00. The highest BCUT2D eigenvalue weighted by Crippen LogP contribution is 2.34. The summed E-state index contributed by atoms with van der Waals surface area (Å²) >= 11 is 1.80. The summed E-state index contributed by atoms with van der Waals surface area (Å²) in [6.45, 7) is 0. The third-order valence-electron chi connectivity index (χ3n) is 3.69. The van der Waals surface area contributed by atoms with Gasteiger partial charge in [-0.1, -0.05) is 43.2 Å². The van der Waals surface area contributed by atoms with Crippen LogP contribution in [0.2, 0.25) is 0 Å². The second-order valence-electron chi connectivity index (χ2n) is 5.05. The zero-order valence-electron chi connectivity index (χ0n) is 11.3. The number of carbonyl (C=O) groups excluding carboxylic acids is 1. The molecule has 2 N–H and O–H groups in total. The first-order chi connectivity index (χ1) is 9.16. The van der Waals surface area contributed by atoms with Crippen molar-refractivity contribution >= 4 is 17.7 Å². The molecule has 0 radical (unpaired) electrons.